The fourth-order valence-corrected chi connectivity index (χ4v) is 6.38. The van der Waals surface area contributed by atoms with Gasteiger partial charge in [0.1, 0.15) is 45.7 Å². The minimum Gasteiger partial charge on any atom is -0.506 e. The molecule has 0 heterocycles. The van der Waals surface area contributed by atoms with Crippen molar-refractivity contribution in [2.24, 2.45) is 26.2 Å². The van der Waals surface area contributed by atoms with Crippen molar-refractivity contribution in [3.05, 3.63) is 119 Å². The molecule has 0 radical (unpaired) electrons. The van der Waals surface area contributed by atoms with Gasteiger partial charge in [-0.05, 0) is 72.3 Å². The number of benzene rings is 6. The second kappa shape index (κ2) is 26.3. The van der Waals surface area contributed by atoms with Crippen molar-refractivity contribution in [2.45, 2.75) is 84.0 Å². The van der Waals surface area contributed by atoms with E-state index in [0.717, 1.165) is 28.1 Å². The average molecular weight is 864 g/mol. The summed E-state index contributed by atoms with van der Waals surface area (Å²) >= 11 is 11.7. The van der Waals surface area contributed by atoms with E-state index in [0.29, 0.717) is 21.4 Å². The molecule has 0 unspecified atom stereocenters. The van der Waals surface area contributed by atoms with Gasteiger partial charge in [0.05, 0.1) is 0 Å². The molecule has 6 aromatic carbocycles. The second-order valence-electron chi connectivity index (χ2n) is 13.7. The van der Waals surface area contributed by atoms with Gasteiger partial charge in [-0.2, -0.15) is 0 Å². The van der Waals surface area contributed by atoms with Gasteiger partial charge in [-0.15, -0.1) is 20.5 Å². The second-order valence-corrected chi connectivity index (χ2v) is 14.5. The standard InChI is InChI=1S/2C16H11ClN2O2.C14H31N.Cr/c2*17-11-6-8-14(20)13(9-11)18-19-16-12-4-2-1-3-10(12)5-7-15(16)21;1-2-3-4-5-6-7-8-9-10-11-12-13-14-15;/h2*1-9,20-21H;2-15H2,1H3;/p+1. The molecular formula is C46H54Cl2CrN5O4+. The molecule has 0 bridgehead atoms. The van der Waals surface area contributed by atoms with Crippen LogP contribution in [0.4, 0.5) is 22.7 Å². The minimum absolute atomic E-state index is 0. The molecule has 0 aliphatic heterocycles. The van der Waals surface area contributed by atoms with E-state index < -0.39 is 0 Å². The molecule has 0 aliphatic rings. The zero-order valence-corrected chi connectivity index (χ0v) is 35.7. The predicted molar refractivity (Wildman–Crippen MR) is 237 cm³/mol. The third-order valence-electron chi connectivity index (χ3n) is 9.21. The van der Waals surface area contributed by atoms with Crippen LogP contribution in [0, 0.1) is 0 Å². The van der Waals surface area contributed by atoms with Crippen molar-refractivity contribution in [1.82, 2.24) is 0 Å². The van der Waals surface area contributed by atoms with Crippen LogP contribution in [0.2, 0.25) is 10.0 Å². The van der Waals surface area contributed by atoms with Crippen LogP contribution in [0.1, 0.15) is 85.4 Å². The van der Waals surface area contributed by atoms with E-state index in [1.54, 1.807) is 36.4 Å². The molecule has 58 heavy (non-hydrogen) atoms. The molecule has 0 aromatic heterocycles. The van der Waals surface area contributed by atoms with Crippen molar-refractivity contribution in [3.63, 3.8) is 0 Å². The first-order valence-corrected chi connectivity index (χ1v) is 20.4. The Morgan fingerprint density at radius 2 is 0.828 bits per heavy atom. The van der Waals surface area contributed by atoms with Gasteiger partial charge >= 0.3 is 1.43 Å². The van der Waals surface area contributed by atoms with E-state index >= 15 is 0 Å². The van der Waals surface area contributed by atoms with Crippen LogP contribution in [0.15, 0.2) is 130 Å². The number of hydrogen-bond acceptors (Lipinski definition) is 9. The number of azo groups is 2. The molecule has 6 rings (SSSR count). The predicted octanol–water partition coefficient (Wildman–Crippen LogP) is 15.4. The Bertz CT molecular complexity index is 2070. The Hall–Kier alpha value is -4.69. The Labute approximate surface area is 363 Å². The zero-order valence-electron chi connectivity index (χ0n) is 33.9. The number of aromatic hydroxyl groups is 4. The maximum absolute atomic E-state index is 9.97. The molecule has 0 amide bonds. The van der Waals surface area contributed by atoms with Crippen LogP contribution in [-0.2, 0) is 17.4 Å². The van der Waals surface area contributed by atoms with Gasteiger partial charge in [0.2, 0.25) is 0 Å². The van der Waals surface area contributed by atoms with E-state index in [-0.39, 0.29) is 53.2 Å². The molecule has 0 atom stereocenters. The summed E-state index contributed by atoms with van der Waals surface area (Å²) in [5.41, 5.74) is 6.65. The van der Waals surface area contributed by atoms with E-state index in [1.165, 1.54) is 101 Å². The number of nitrogens with two attached hydrogens (primary N) is 1. The smallest absolute Gasteiger partial charge is 0.506 e. The number of fused-ring (bicyclic) bond motifs is 2. The minimum atomic E-state index is -0.0251. The van der Waals surface area contributed by atoms with Crippen LogP contribution >= 0.6 is 23.2 Å². The van der Waals surface area contributed by atoms with Gasteiger partial charge in [0.15, 0.2) is 0 Å². The fourth-order valence-electron chi connectivity index (χ4n) is 6.04. The van der Waals surface area contributed by atoms with Gasteiger partial charge in [-0.25, -0.2) is 0 Å². The summed E-state index contributed by atoms with van der Waals surface area (Å²) in [6.07, 6.45) is 16.9. The number of hydrogen-bond donors (Lipinski definition) is 5. The molecule has 9 nitrogen and oxygen atoms in total. The largest absolute Gasteiger partial charge is 1.00 e. The quantitative estimate of drug-likeness (QED) is 0.0484. The summed E-state index contributed by atoms with van der Waals surface area (Å²) in [7, 11) is 0. The summed E-state index contributed by atoms with van der Waals surface area (Å²) in [5.74, 6) is 0.00342. The van der Waals surface area contributed by atoms with Crippen LogP contribution in [-0.4, -0.2) is 27.0 Å². The molecular weight excluding hydrogens is 809 g/mol. The van der Waals surface area contributed by atoms with Crippen LogP contribution in [0.5, 0.6) is 23.0 Å². The van der Waals surface area contributed by atoms with E-state index in [4.69, 9.17) is 28.9 Å². The molecule has 0 saturated carbocycles. The van der Waals surface area contributed by atoms with Crippen molar-refractivity contribution >= 4 is 67.5 Å². The molecule has 12 heteroatoms. The Balaban J connectivity index is 0.000000306. The first-order chi connectivity index (χ1) is 27.7. The van der Waals surface area contributed by atoms with Gasteiger partial charge < -0.3 is 26.2 Å². The topological polar surface area (TPSA) is 156 Å². The number of nitrogens with zero attached hydrogens (tertiary/aromatic N) is 4. The molecule has 0 saturated heterocycles. The fraction of sp³-hybridized carbons (Fsp3) is 0.304. The van der Waals surface area contributed by atoms with Crippen LogP contribution in [0.25, 0.3) is 21.5 Å². The molecule has 6 N–H and O–H groups in total. The summed E-state index contributed by atoms with van der Waals surface area (Å²) in [4.78, 5) is 0. The normalized spacial score (nSPS) is 11.0. The summed E-state index contributed by atoms with van der Waals surface area (Å²) in [6, 6.07) is 30.8. The SMILES string of the molecule is CCCCCCCCCCCCCCN.Oc1ccc(Cl)cc1N=Nc1c(O)ccc2ccccc12.Oc1ccc(Cl)cc1N=Nc1c(O)ccc2ccccc12.[Cr].[H+]. The van der Waals surface area contributed by atoms with Crippen molar-refractivity contribution in [1.29, 1.82) is 0 Å². The molecule has 0 aliphatic carbocycles. The summed E-state index contributed by atoms with van der Waals surface area (Å²) in [6.45, 7) is 3.15. The zero-order chi connectivity index (χ0) is 40.8. The molecule has 0 fully saturated rings. The maximum atomic E-state index is 9.97. The van der Waals surface area contributed by atoms with E-state index in [1.807, 2.05) is 48.5 Å². The van der Waals surface area contributed by atoms with E-state index in [9.17, 15) is 20.4 Å². The van der Waals surface area contributed by atoms with Gasteiger partial charge in [0, 0.05) is 38.2 Å². The Morgan fingerprint density at radius 1 is 0.466 bits per heavy atom. The number of phenols is 4. The van der Waals surface area contributed by atoms with Crippen molar-refractivity contribution in [3.8, 4) is 23.0 Å². The number of halogens is 2. The number of rotatable bonds is 16. The average Bonchev–Trinajstić information content (AvgIpc) is 3.22. The molecule has 0 spiro atoms. The third kappa shape index (κ3) is 15.6. The summed E-state index contributed by atoms with van der Waals surface area (Å²) < 4.78 is 0. The Kier molecular flexibility index (Phi) is 21.7. The number of phenolic OH excluding ortho intramolecular Hbond substituents is 4. The van der Waals surface area contributed by atoms with Gasteiger partial charge in [-0.3, -0.25) is 0 Å². The number of unbranched alkanes of at least 4 members (excludes halogenated alkanes) is 11. The molecule has 306 valence electrons. The van der Waals surface area contributed by atoms with Crippen molar-refractivity contribution in [2.75, 3.05) is 6.54 Å². The van der Waals surface area contributed by atoms with Gasteiger partial charge in [0.25, 0.3) is 0 Å². The van der Waals surface area contributed by atoms with Gasteiger partial charge in [-0.1, -0.05) is 161 Å². The molecule has 6 aromatic rings. The van der Waals surface area contributed by atoms with E-state index in [2.05, 4.69) is 27.4 Å². The van der Waals surface area contributed by atoms with Crippen molar-refractivity contribution < 1.29 is 39.2 Å². The monoisotopic (exact) mass is 862 g/mol. The third-order valence-corrected chi connectivity index (χ3v) is 9.68. The first-order valence-electron chi connectivity index (χ1n) is 19.6. The first kappa shape index (κ1) is 47.7. The maximum Gasteiger partial charge on any atom is 1.00 e. The summed E-state index contributed by atoms with van der Waals surface area (Å²) in [5, 5.41) is 59.8. The van der Waals surface area contributed by atoms with Crippen LogP contribution in [0.3, 0.4) is 0 Å². The van der Waals surface area contributed by atoms with Crippen LogP contribution < -0.4 is 5.73 Å². The Morgan fingerprint density at radius 3 is 1.22 bits per heavy atom.